The average molecular weight is 274 g/mol. The summed E-state index contributed by atoms with van der Waals surface area (Å²) in [5.74, 6) is 0.586. The second-order valence-corrected chi connectivity index (χ2v) is 5.93. The third kappa shape index (κ3) is 3.40. The van der Waals surface area contributed by atoms with E-state index in [0.29, 0.717) is 5.92 Å². The highest BCUT2D eigenvalue weighted by molar-refractivity contribution is 5.47. The van der Waals surface area contributed by atoms with Gasteiger partial charge in [-0.1, -0.05) is 12.1 Å². The molecule has 0 bridgehead atoms. The van der Waals surface area contributed by atoms with Crippen LogP contribution in [-0.2, 0) is 11.3 Å². The van der Waals surface area contributed by atoms with Crippen molar-refractivity contribution in [1.82, 2.24) is 10.2 Å². The van der Waals surface area contributed by atoms with Crippen molar-refractivity contribution < 1.29 is 4.79 Å². The Balaban J connectivity index is 2.26. The van der Waals surface area contributed by atoms with Gasteiger partial charge in [-0.3, -0.25) is 4.79 Å². The number of aryl methyl sites for hydroxylation is 2. The van der Waals surface area contributed by atoms with Crippen LogP contribution in [0.15, 0.2) is 12.1 Å². The fourth-order valence-corrected chi connectivity index (χ4v) is 3.16. The number of nitrogens with zero attached hydrogens (tertiary/aromatic N) is 1. The summed E-state index contributed by atoms with van der Waals surface area (Å²) in [7, 11) is 2.00. The molecule has 1 atom stereocenters. The lowest BCUT2D eigenvalue weighted by Gasteiger charge is -2.21. The van der Waals surface area contributed by atoms with Gasteiger partial charge < -0.3 is 10.2 Å². The molecule has 0 saturated carbocycles. The van der Waals surface area contributed by atoms with Gasteiger partial charge in [0.2, 0.25) is 6.41 Å². The van der Waals surface area contributed by atoms with Crippen LogP contribution < -0.4 is 5.32 Å². The molecular weight excluding hydrogens is 248 g/mol. The molecule has 0 aliphatic carbocycles. The molecule has 20 heavy (non-hydrogen) atoms. The van der Waals surface area contributed by atoms with E-state index < -0.39 is 0 Å². The Bertz CT molecular complexity index is 470. The number of carbonyl (C=O) groups is 1. The number of hydrogen-bond acceptors (Lipinski definition) is 2. The fraction of sp³-hybridized carbons (Fsp3) is 0.588. The van der Waals surface area contributed by atoms with Crippen LogP contribution in [0.2, 0.25) is 0 Å². The van der Waals surface area contributed by atoms with E-state index in [9.17, 15) is 4.79 Å². The summed E-state index contributed by atoms with van der Waals surface area (Å²) in [5, 5.41) is 3.28. The monoisotopic (exact) mass is 274 g/mol. The highest BCUT2D eigenvalue weighted by Crippen LogP contribution is 2.32. The molecule has 1 aliphatic heterocycles. The predicted molar refractivity (Wildman–Crippen MR) is 82.9 cm³/mol. The highest BCUT2D eigenvalue weighted by atomic mass is 16.1. The van der Waals surface area contributed by atoms with Crippen molar-refractivity contribution in [3.8, 4) is 0 Å². The SMILES string of the molecule is CNCc1cc(C)c(C)cc1C1CCCN(C=O)CC1. The number of hydrogen-bond donors (Lipinski definition) is 1. The van der Waals surface area contributed by atoms with Gasteiger partial charge >= 0.3 is 0 Å². The van der Waals surface area contributed by atoms with Crippen LogP contribution in [0.5, 0.6) is 0 Å². The predicted octanol–water partition coefficient (Wildman–Crippen LogP) is 2.75. The Kier molecular flexibility index (Phi) is 5.18. The van der Waals surface area contributed by atoms with Crippen molar-refractivity contribution in [2.24, 2.45) is 0 Å². The van der Waals surface area contributed by atoms with E-state index in [1.54, 1.807) is 0 Å². The molecule has 3 nitrogen and oxygen atoms in total. The fourth-order valence-electron chi connectivity index (χ4n) is 3.16. The van der Waals surface area contributed by atoms with Gasteiger partial charge in [-0.2, -0.15) is 0 Å². The van der Waals surface area contributed by atoms with Crippen LogP contribution >= 0.6 is 0 Å². The van der Waals surface area contributed by atoms with Crippen LogP contribution in [-0.4, -0.2) is 31.4 Å². The zero-order chi connectivity index (χ0) is 14.5. The first kappa shape index (κ1) is 15.0. The van der Waals surface area contributed by atoms with Gasteiger partial charge in [0.05, 0.1) is 0 Å². The number of carbonyl (C=O) groups excluding carboxylic acids is 1. The Morgan fingerprint density at radius 3 is 2.70 bits per heavy atom. The molecular formula is C17H26N2O. The van der Waals surface area contributed by atoms with Crippen molar-refractivity contribution in [3.05, 3.63) is 34.4 Å². The third-order valence-corrected chi connectivity index (χ3v) is 4.47. The largest absolute Gasteiger partial charge is 0.345 e. The van der Waals surface area contributed by atoms with E-state index in [0.717, 1.165) is 38.9 Å². The number of amides is 1. The normalized spacial score (nSPS) is 19.8. The molecule has 0 aromatic heterocycles. The first-order valence-corrected chi connectivity index (χ1v) is 7.59. The molecule has 3 heteroatoms. The van der Waals surface area contributed by atoms with Crippen LogP contribution in [0, 0.1) is 13.8 Å². The molecule has 1 unspecified atom stereocenters. The molecule has 110 valence electrons. The van der Waals surface area contributed by atoms with Crippen LogP contribution in [0.25, 0.3) is 0 Å². The molecule has 1 aliphatic rings. The zero-order valence-corrected chi connectivity index (χ0v) is 12.9. The smallest absolute Gasteiger partial charge is 0.209 e. The molecule has 0 radical (unpaired) electrons. The van der Waals surface area contributed by atoms with Gasteiger partial charge in [0.1, 0.15) is 0 Å². The topological polar surface area (TPSA) is 32.3 Å². The molecule has 1 aromatic carbocycles. The lowest BCUT2D eigenvalue weighted by Crippen LogP contribution is -2.22. The van der Waals surface area contributed by atoms with E-state index >= 15 is 0 Å². The maximum atomic E-state index is 10.9. The summed E-state index contributed by atoms with van der Waals surface area (Å²) in [4.78, 5) is 12.9. The summed E-state index contributed by atoms with van der Waals surface area (Å²) in [6, 6.07) is 4.69. The molecule has 1 aromatic rings. The van der Waals surface area contributed by atoms with Crippen molar-refractivity contribution in [3.63, 3.8) is 0 Å². The first-order valence-electron chi connectivity index (χ1n) is 7.59. The maximum absolute atomic E-state index is 10.9. The van der Waals surface area contributed by atoms with Crippen molar-refractivity contribution in [2.75, 3.05) is 20.1 Å². The van der Waals surface area contributed by atoms with Gasteiger partial charge in [0.25, 0.3) is 0 Å². The van der Waals surface area contributed by atoms with E-state index in [4.69, 9.17) is 0 Å². The number of benzene rings is 1. The molecule has 0 spiro atoms. The first-order chi connectivity index (χ1) is 9.65. The minimum atomic E-state index is 0.586. The van der Waals surface area contributed by atoms with Gasteiger partial charge in [-0.25, -0.2) is 0 Å². The van der Waals surface area contributed by atoms with Crippen LogP contribution in [0.3, 0.4) is 0 Å². The minimum Gasteiger partial charge on any atom is -0.345 e. The number of likely N-dealkylation sites (tertiary alicyclic amines) is 1. The van der Waals surface area contributed by atoms with E-state index in [-0.39, 0.29) is 0 Å². The van der Waals surface area contributed by atoms with Crippen LogP contribution in [0.1, 0.15) is 47.4 Å². The van der Waals surface area contributed by atoms with Crippen molar-refractivity contribution in [1.29, 1.82) is 0 Å². The maximum Gasteiger partial charge on any atom is 0.209 e. The van der Waals surface area contributed by atoms with Crippen LogP contribution in [0.4, 0.5) is 0 Å². The summed E-state index contributed by atoms with van der Waals surface area (Å²) >= 11 is 0. The summed E-state index contributed by atoms with van der Waals surface area (Å²) < 4.78 is 0. The summed E-state index contributed by atoms with van der Waals surface area (Å²) in [6.07, 6.45) is 4.37. The molecule has 1 N–H and O–H groups in total. The highest BCUT2D eigenvalue weighted by Gasteiger charge is 2.20. The second kappa shape index (κ2) is 6.89. The summed E-state index contributed by atoms with van der Waals surface area (Å²) in [5.41, 5.74) is 5.63. The van der Waals surface area contributed by atoms with Gasteiger partial charge in [-0.05, 0) is 68.3 Å². The molecule has 1 fully saturated rings. The Morgan fingerprint density at radius 1 is 1.25 bits per heavy atom. The molecule has 1 saturated heterocycles. The Hall–Kier alpha value is -1.35. The lowest BCUT2D eigenvalue weighted by molar-refractivity contribution is -0.118. The lowest BCUT2D eigenvalue weighted by atomic mass is 9.86. The molecule has 1 heterocycles. The Labute approximate surface area is 122 Å². The quantitative estimate of drug-likeness (QED) is 0.856. The van der Waals surface area contributed by atoms with E-state index in [1.165, 1.54) is 28.7 Å². The zero-order valence-electron chi connectivity index (χ0n) is 12.9. The van der Waals surface area contributed by atoms with Gasteiger partial charge in [0.15, 0.2) is 0 Å². The minimum absolute atomic E-state index is 0.586. The number of nitrogens with one attached hydrogen (secondary N) is 1. The van der Waals surface area contributed by atoms with Gasteiger partial charge in [0, 0.05) is 19.6 Å². The standard InChI is InChI=1S/C17H26N2O/c1-13-9-16(11-18-3)17(10-14(13)2)15-5-4-7-19(12-20)8-6-15/h9-10,12,15,18H,4-8,11H2,1-3H3. The van der Waals surface area contributed by atoms with E-state index in [1.807, 2.05) is 11.9 Å². The molecule has 1 amide bonds. The Morgan fingerprint density at radius 2 is 2.00 bits per heavy atom. The van der Waals surface area contributed by atoms with Gasteiger partial charge in [-0.15, -0.1) is 0 Å². The van der Waals surface area contributed by atoms with E-state index in [2.05, 4.69) is 31.3 Å². The second-order valence-electron chi connectivity index (χ2n) is 5.93. The molecule has 2 rings (SSSR count). The van der Waals surface area contributed by atoms with Crippen molar-refractivity contribution in [2.45, 2.75) is 45.6 Å². The number of rotatable bonds is 4. The summed E-state index contributed by atoms with van der Waals surface area (Å²) in [6.45, 7) is 7.09. The third-order valence-electron chi connectivity index (χ3n) is 4.47. The average Bonchev–Trinajstić information content (AvgIpc) is 2.68. The van der Waals surface area contributed by atoms with Crippen molar-refractivity contribution >= 4 is 6.41 Å².